The van der Waals surface area contributed by atoms with Gasteiger partial charge in [-0.1, -0.05) is 23.7 Å². The molecule has 3 nitrogen and oxygen atoms in total. The molecule has 92 valence electrons. The van der Waals surface area contributed by atoms with Crippen LogP contribution in [-0.2, 0) is 0 Å². The van der Waals surface area contributed by atoms with E-state index < -0.39 is 0 Å². The van der Waals surface area contributed by atoms with Crippen molar-refractivity contribution in [2.45, 2.75) is 0 Å². The molecule has 6 heteroatoms. The lowest BCUT2D eigenvalue weighted by molar-refractivity contribution is 1.04. The van der Waals surface area contributed by atoms with Crippen LogP contribution < -0.4 is 11.2 Å². The van der Waals surface area contributed by atoms with E-state index in [4.69, 9.17) is 17.3 Å². The standard InChI is InChI=1S/C12H10ClN3S2/c13-9-3-1-8(2-4-9)11-6-5-10(18-11)7-15-16-12(14)17/h1-7H,(H3,14,16,17). The molecule has 0 aliphatic rings. The van der Waals surface area contributed by atoms with E-state index in [-0.39, 0.29) is 5.11 Å². The number of halogens is 1. The van der Waals surface area contributed by atoms with Crippen molar-refractivity contribution in [3.8, 4) is 10.4 Å². The molecule has 0 atom stereocenters. The smallest absolute Gasteiger partial charge is 0.184 e. The molecule has 2 rings (SSSR count). The van der Waals surface area contributed by atoms with Crippen molar-refractivity contribution in [1.29, 1.82) is 0 Å². The summed E-state index contributed by atoms with van der Waals surface area (Å²) < 4.78 is 0. The number of benzene rings is 1. The molecule has 1 heterocycles. The van der Waals surface area contributed by atoms with Gasteiger partial charge in [-0.2, -0.15) is 5.10 Å². The lowest BCUT2D eigenvalue weighted by Gasteiger charge is -1.96. The van der Waals surface area contributed by atoms with Crippen molar-refractivity contribution in [2.24, 2.45) is 10.8 Å². The molecule has 0 saturated carbocycles. The van der Waals surface area contributed by atoms with Crippen LogP contribution in [0.1, 0.15) is 4.88 Å². The van der Waals surface area contributed by atoms with Crippen LogP contribution in [0, 0.1) is 0 Å². The van der Waals surface area contributed by atoms with Crippen molar-refractivity contribution in [3.63, 3.8) is 0 Å². The van der Waals surface area contributed by atoms with E-state index in [1.54, 1.807) is 17.6 Å². The average Bonchev–Trinajstić information content (AvgIpc) is 2.78. The summed E-state index contributed by atoms with van der Waals surface area (Å²) in [5, 5.41) is 4.80. The van der Waals surface area contributed by atoms with Crippen LogP contribution in [0.5, 0.6) is 0 Å². The maximum absolute atomic E-state index is 5.85. The fourth-order valence-corrected chi connectivity index (χ4v) is 2.42. The quantitative estimate of drug-likeness (QED) is 0.519. The molecule has 0 amide bonds. The van der Waals surface area contributed by atoms with Crippen molar-refractivity contribution in [1.82, 2.24) is 5.43 Å². The fourth-order valence-electron chi connectivity index (χ4n) is 1.35. The first-order valence-corrected chi connectivity index (χ1v) is 6.70. The second-order valence-electron chi connectivity index (χ2n) is 3.44. The zero-order valence-electron chi connectivity index (χ0n) is 9.26. The van der Waals surface area contributed by atoms with E-state index >= 15 is 0 Å². The van der Waals surface area contributed by atoms with Gasteiger partial charge in [0.05, 0.1) is 6.21 Å². The highest BCUT2D eigenvalue weighted by Gasteiger charge is 2.01. The molecule has 0 spiro atoms. The van der Waals surface area contributed by atoms with Gasteiger partial charge in [0, 0.05) is 14.8 Å². The molecule has 0 fully saturated rings. The molecule has 0 aliphatic heterocycles. The van der Waals surface area contributed by atoms with E-state index in [0.717, 1.165) is 20.3 Å². The van der Waals surface area contributed by atoms with Gasteiger partial charge < -0.3 is 5.73 Å². The summed E-state index contributed by atoms with van der Waals surface area (Å²) in [5.41, 5.74) is 8.91. The van der Waals surface area contributed by atoms with E-state index in [1.165, 1.54) is 0 Å². The van der Waals surface area contributed by atoms with Crippen LogP contribution in [0.4, 0.5) is 0 Å². The lowest BCUT2D eigenvalue weighted by atomic mass is 10.2. The first-order valence-electron chi connectivity index (χ1n) is 5.09. The van der Waals surface area contributed by atoms with Crippen LogP contribution in [0.2, 0.25) is 5.02 Å². The second-order valence-corrected chi connectivity index (χ2v) is 5.43. The second kappa shape index (κ2) is 5.95. The summed E-state index contributed by atoms with van der Waals surface area (Å²) in [6, 6.07) is 11.7. The number of rotatable bonds is 3. The Morgan fingerprint density at radius 1 is 1.28 bits per heavy atom. The predicted molar refractivity (Wildman–Crippen MR) is 82.3 cm³/mol. The van der Waals surface area contributed by atoms with Crippen LogP contribution >= 0.6 is 35.2 Å². The highest BCUT2D eigenvalue weighted by Crippen LogP contribution is 2.28. The molecule has 18 heavy (non-hydrogen) atoms. The van der Waals surface area contributed by atoms with Crippen molar-refractivity contribution in [3.05, 3.63) is 46.3 Å². The molecule has 0 unspecified atom stereocenters. The fraction of sp³-hybridized carbons (Fsp3) is 0. The topological polar surface area (TPSA) is 50.4 Å². The summed E-state index contributed by atoms with van der Waals surface area (Å²) in [4.78, 5) is 2.17. The highest BCUT2D eigenvalue weighted by molar-refractivity contribution is 7.80. The Kier molecular flexibility index (Phi) is 4.30. The Morgan fingerprint density at radius 2 is 2.00 bits per heavy atom. The first-order chi connectivity index (χ1) is 8.65. The van der Waals surface area contributed by atoms with Gasteiger partial charge in [-0.3, -0.25) is 5.43 Å². The van der Waals surface area contributed by atoms with Crippen LogP contribution in [0.25, 0.3) is 10.4 Å². The van der Waals surface area contributed by atoms with Gasteiger partial charge in [0.15, 0.2) is 5.11 Å². The SMILES string of the molecule is NC(=S)NN=Cc1ccc(-c2ccc(Cl)cc2)s1. The number of hydrogen-bond donors (Lipinski definition) is 2. The highest BCUT2D eigenvalue weighted by atomic mass is 35.5. The lowest BCUT2D eigenvalue weighted by Crippen LogP contribution is -2.23. The zero-order chi connectivity index (χ0) is 13.0. The molecule has 1 aromatic heterocycles. The van der Waals surface area contributed by atoms with Crippen LogP contribution in [0.15, 0.2) is 41.5 Å². The third-order valence-corrected chi connectivity index (χ3v) is 3.53. The third kappa shape index (κ3) is 3.53. The molecule has 1 aromatic carbocycles. The zero-order valence-corrected chi connectivity index (χ0v) is 11.6. The van der Waals surface area contributed by atoms with Crippen LogP contribution in [0.3, 0.4) is 0 Å². The van der Waals surface area contributed by atoms with Crippen molar-refractivity contribution >= 4 is 46.5 Å². The minimum atomic E-state index is 0.153. The molecular formula is C12H10ClN3S2. The maximum Gasteiger partial charge on any atom is 0.184 e. The van der Waals surface area contributed by atoms with Gasteiger partial charge >= 0.3 is 0 Å². The number of hydrogen-bond acceptors (Lipinski definition) is 3. The first kappa shape index (κ1) is 13.0. The Hall–Kier alpha value is -1.43. The van der Waals surface area contributed by atoms with Gasteiger partial charge in [-0.05, 0) is 42.0 Å². The van der Waals surface area contributed by atoms with Crippen molar-refractivity contribution in [2.75, 3.05) is 0 Å². The van der Waals surface area contributed by atoms with E-state index in [9.17, 15) is 0 Å². The molecular weight excluding hydrogens is 286 g/mol. The summed E-state index contributed by atoms with van der Waals surface area (Å²) in [6.45, 7) is 0. The molecule has 3 N–H and O–H groups in total. The van der Waals surface area contributed by atoms with Crippen LogP contribution in [-0.4, -0.2) is 11.3 Å². The number of thiocarbonyl (C=S) groups is 1. The Bertz CT molecular complexity index is 575. The van der Waals surface area contributed by atoms with Gasteiger partial charge in [0.1, 0.15) is 0 Å². The Morgan fingerprint density at radius 3 is 2.67 bits per heavy atom. The maximum atomic E-state index is 5.85. The summed E-state index contributed by atoms with van der Waals surface area (Å²) in [5.74, 6) is 0. The molecule has 0 aliphatic carbocycles. The minimum absolute atomic E-state index is 0.153. The third-order valence-electron chi connectivity index (χ3n) is 2.12. The number of nitrogens with zero attached hydrogens (tertiary/aromatic N) is 1. The normalized spacial score (nSPS) is 10.7. The van der Waals surface area contributed by atoms with Gasteiger partial charge in [-0.25, -0.2) is 0 Å². The predicted octanol–water partition coefficient (Wildman–Crippen LogP) is 3.24. The summed E-state index contributed by atoms with van der Waals surface area (Å²) in [6.07, 6.45) is 1.68. The molecule has 0 saturated heterocycles. The van der Waals surface area contributed by atoms with E-state index in [1.807, 2.05) is 36.4 Å². The molecule has 0 radical (unpaired) electrons. The van der Waals surface area contributed by atoms with E-state index in [0.29, 0.717) is 0 Å². The monoisotopic (exact) mass is 295 g/mol. The number of thiophene rings is 1. The van der Waals surface area contributed by atoms with Crippen molar-refractivity contribution < 1.29 is 0 Å². The van der Waals surface area contributed by atoms with Gasteiger partial charge in [0.25, 0.3) is 0 Å². The van der Waals surface area contributed by atoms with Gasteiger partial charge in [-0.15, -0.1) is 11.3 Å². The minimum Gasteiger partial charge on any atom is -0.375 e. The number of hydrazone groups is 1. The number of nitrogens with one attached hydrogen (secondary N) is 1. The molecule has 2 aromatic rings. The summed E-state index contributed by atoms with van der Waals surface area (Å²) >= 11 is 12.1. The molecule has 0 bridgehead atoms. The Labute approximate surface area is 119 Å². The Balaban J connectivity index is 2.12. The largest absolute Gasteiger partial charge is 0.375 e. The van der Waals surface area contributed by atoms with E-state index in [2.05, 4.69) is 22.7 Å². The number of nitrogens with two attached hydrogens (primary N) is 1. The van der Waals surface area contributed by atoms with Gasteiger partial charge in [0.2, 0.25) is 0 Å². The average molecular weight is 296 g/mol. The summed E-state index contributed by atoms with van der Waals surface area (Å²) in [7, 11) is 0.